The highest BCUT2D eigenvalue weighted by molar-refractivity contribution is 7.15. The fourth-order valence-corrected chi connectivity index (χ4v) is 2.35. The van der Waals surface area contributed by atoms with E-state index in [-0.39, 0.29) is 22.0 Å². The maximum atomic E-state index is 12.4. The lowest BCUT2D eigenvalue weighted by atomic mass is 10.2. The Hall–Kier alpha value is -2.88. The summed E-state index contributed by atoms with van der Waals surface area (Å²) in [5.74, 6) is -0.234. The molecule has 2 aromatic heterocycles. The van der Waals surface area contributed by atoms with E-state index in [9.17, 15) is 18.0 Å². The van der Waals surface area contributed by atoms with Gasteiger partial charge in [0.25, 0.3) is 5.91 Å². The van der Waals surface area contributed by atoms with Gasteiger partial charge in [0.15, 0.2) is 5.82 Å². The average molecular weight is 351 g/mol. The van der Waals surface area contributed by atoms with Crippen molar-refractivity contribution in [2.75, 3.05) is 5.32 Å². The summed E-state index contributed by atoms with van der Waals surface area (Å²) < 4.78 is 37.3. The van der Waals surface area contributed by atoms with E-state index < -0.39 is 17.1 Å². The molecule has 0 saturated heterocycles. The second kappa shape index (κ2) is 6.32. The third-order valence-electron chi connectivity index (χ3n) is 2.83. The van der Waals surface area contributed by atoms with Crippen LogP contribution in [0.1, 0.15) is 15.4 Å². The number of carbonyl (C=O) groups is 1. The number of anilines is 1. The maximum absolute atomic E-state index is 12.4. The van der Waals surface area contributed by atoms with Crippen LogP contribution >= 0.6 is 11.3 Å². The number of aromatic nitrogens is 4. The van der Waals surface area contributed by atoms with Crippen LogP contribution in [-0.4, -0.2) is 26.1 Å². The summed E-state index contributed by atoms with van der Waals surface area (Å²) in [5.41, 5.74) is 0.877. The minimum atomic E-state index is -4.60. The third kappa shape index (κ3) is 3.54. The number of benzene rings is 1. The summed E-state index contributed by atoms with van der Waals surface area (Å²) in [7, 11) is 0. The molecule has 0 aliphatic heterocycles. The summed E-state index contributed by atoms with van der Waals surface area (Å²) in [5, 5.41) is 7.13. The van der Waals surface area contributed by atoms with Gasteiger partial charge in [0.1, 0.15) is 0 Å². The molecule has 122 valence electrons. The van der Waals surface area contributed by atoms with Crippen LogP contribution in [0.25, 0.3) is 11.4 Å². The Labute approximate surface area is 137 Å². The van der Waals surface area contributed by atoms with Crippen molar-refractivity contribution in [2.24, 2.45) is 0 Å². The number of alkyl halides is 3. The molecule has 0 atom stereocenters. The summed E-state index contributed by atoms with van der Waals surface area (Å²) in [6.45, 7) is 0. The van der Waals surface area contributed by atoms with Crippen LogP contribution in [0.5, 0.6) is 0 Å². The summed E-state index contributed by atoms with van der Waals surface area (Å²) in [6.07, 6.45) is -2.02. The van der Waals surface area contributed by atoms with Crippen LogP contribution in [-0.2, 0) is 6.18 Å². The van der Waals surface area contributed by atoms with Crippen LogP contribution in [0, 0.1) is 0 Å². The van der Waals surface area contributed by atoms with Gasteiger partial charge >= 0.3 is 6.18 Å². The number of hydrogen-bond donors (Lipinski definition) is 1. The van der Waals surface area contributed by atoms with Crippen molar-refractivity contribution in [1.82, 2.24) is 20.2 Å². The molecule has 24 heavy (non-hydrogen) atoms. The molecule has 1 aromatic carbocycles. The monoisotopic (exact) mass is 351 g/mol. The smallest absolute Gasteiger partial charge is 0.296 e. The van der Waals surface area contributed by atoms with Crippen molar-refractivity contribution in [3.63, 3.8) is 0 Å². The maximum Gasteiger partial charge on any atom is 0.445 e. The number of carbonyl (C=O) groups excluding carboxylic acids is 1. The molecule has 0 bridgehead atoms. The largest absolute Gasteiger partial charge is 0.445 e. The van der Waals surface area contributed by atoms with Crippen molar-refractivity contribution in [2.45, 2.75) is 6.18 Å². The van der Waals surface area contributed by atoms with Crippen molar-refractivity contribution < 1.29 is 18.0 Å². The van der Waals surface area contributed by atoms with Crippen molar-refractivity contribution in [3.05, 3.63) is 53.3 Å². The summed E-state index contributed by atoms with van der Waals surface area (Å²) in [6, 6.07) is 9.13. The molecular weight excluding hydrogens is 343 g/mol. The second-order valence-corrected chi connectivity index (χ2v) is 5.50. The molecule has 0 fully saturated rings. The topological polar surface area (TPSA) is 80.7 Å². The number of amides is 1. The van der Waals surface area contributed by atoms with Gasteiger partial charge in [-0.15, -0.1) is 10.2 Å². The zero-order valence-corrected chi connectivity index (χ0v) is 12.6. The molecule has 10 heteroatoms. The Kier molecular flexibility index (Phi) is 4.21. The second-order valence-electron chi connectivity index (χ2n) is 4.53. The molecule has 0 aliphatic rings. The van der Waals surface area contributed by atoms with Gasteiger partial charge in [-0.1, -0.05) is 41.7 Å². The van der Waals surface area contributed by atoms with Crippen molar-refractivity contribution in [1.29, 1.82) is 0 Å². The molecule has 6 nitrogen and oxygen atoms in total. The quantitative estimate of drug-likeness (QED) is 0.783. The number of halogens is 3. The van der Waals surface area contributed by atoms with E-state index in [1.54, 1.807) is 0 Å². The van der Waals surface area contributed by atoms with Crippen molar-refractivity contribution in [3.8, 4) is 11.4 Å². The molecule has 3 aromatic rings. The predicted molar refractivity (Wildman–Crippen MR) is 80.3 cm³/mol. The molecule has 0 spiro atoms. The summed E-state index contributed by atoms with van der Waals surface area (Å²) >= 11 is 0.243. The van der Waals surface area contributed by atoms with Crippen LogP contribution < -0.4 is 5.32 Å². The fourth-order valence-electron chi connectivity index (χ4n) is 1.74. The first-order valence-corrected chi connectivity index (χ1v) is 7.34. The van der Waals surface area contributed by atoms with Crippen LogP contribution in [0.15, 0.2) is 42.7 Å². The van der Waals surface area contributed by atoms with Gasteiger partial charge in [0.2, 0.25) is 10.1 Å². The number of nitrogens with zero attached hydrogens (tertiary/aromatic N) is 4. The minimum absolute atomic E-state index is 0.0958. The average Bonchev–Trinajstić information content (AvgIpc) is 3.05. The zero-order valence-electron chi connectivity index (χ0n) is 11.8. The Bertz CT molecular complexity index is 849. The molecule has 3 rings (SSSR count). The molecule has 2 heterocycles. The highest BCUT2D eigenvalue weighted by Gasteiger charge is 2.35. The lowest BCUT2D eigenvalue weighted by Crippen LogP contribution is -2.12. The van der Waals surface area contributed by atoms with Gasteiger partial charge in [-0.3, -0.25) is 10.1 Å². The predicted octanol–water partition coefficient (Wildman–Crippen LogP) is 3.27. The molecule has 0 radical (unpaired) electrons. The Balaban J connectivity index is 1.73. The molecule has 1 N–H and O–H groups in total. The van der Waals surface area contributed by atoms with E-state index >= 15 is 0 Å². The van der Waals surface area contributed by atoms with Gasteiger partial charge < -0.3 is 0 Å². The molecule has 0 aliphatic carbocycles. The molecule has 0 saturated carbocycles. The van der Waals surface area contributed by atoms with Crippen LogP contribution in [0.4, 0.5) is 18.3 Å². The van der Waals surface area contributed by atoms with Gasteiger partial charge in [-0.2, -0.15) is 13.2 Å². The highest BCUT2D eigenvalue weighted by Crippen LogP contribution is 2.33. The lowest BCUT2D eigenvalue weighted by Gasteiger charge is -2.02. The first kappa shape index (κ1) is 16.0. The van der Waals surface area contributed by atoms with E-state index in [1.807, 2.05) is 30.3 Å². The van der Waals surface area contributed by atoms with E-state index in [1.165, 1.54) is 12.4 Å². The normalized spacial score (nSPS) is 11.3. The molecule has 0 unspecified atom stereocenters. The Morgan fingerprint density at radius 1 is 1.04 bits per heavy atom. The van der Waals surface area contributed by atoms with Crippen molar-refractivity contribution >= 4 is 22.4 Å². The Morgan fingerprint density at radius 2 is 1.71 bits per heavy atom. The van der Waals surface area contributed by atoms with E-state index in [0.717, 1.165) is 5.56 Å². The molecule has 1 amide bonds. The lowest BCUT2D eigenvalue weighted by molar-refractivity contribution is -0.138. The SMILES string of the molecule is O=C(Nc1nnc(C(F)(F)F)s1)c1cnc(-c2ccccc2)nc1. The van der Waals surface area contributed by atoms with Crippen LogP contribution in [0.2, 0.25) is 0 Å². The van der Waals surface area contributed by atoms with E-state index in [4.69, 9.17) is 0 Å². The van der Waals surface area contributed by atoms with Gasteiger partial charge in [0, 0.05) is 18.0 Å². The standard InChI is InChI=1S/C14H8F3N5OS/c15-14(16,17)12-21-22-13(24-12)20-11(23)9-6-18-10(19-7-9)8-4-2-1-3-5-8/h1-7H,(H,20,22,23). The minimum Gasteiger partial charge on any atom is -0.296 e. The van der Waals surface area contributed by atoms with Gasteiger partial charge in [-0.05, 0) is 0 Å². The first-order valence-electron chi connectivity index (χ1n) is 6.53. The number of rotatable bonds is 3. The zero-order chi connectivity index (χ0) is 17.2. The molecular formula is C14H8F3N5OS. The summed E-state index contributed by atoms with van der Waals surface area (Å²) in [4.78, 5) is 20.1. The Morgan fingerprint density at radius 3 is 2.29 bits per heavy atom. The van der Waals surface area contributed by atoms with Gasteiger partial charge in [0.05, 0.1) is 5.56 Å². The van der Waals surface area contributed by atoms with Gasteiger partial charge in [-0.25, -0.2) is 9.97 Å². The highest BCUT2D eigenvalue weighted by atomic mass is 32.1. The van der Waals surface area contributed by atoms with E-state index in [2.05, 4.69) is 25.5 Å². The van der Waals surface area contributed by atoms with Crippen LogP contribution in [0.3, 0.4) is 0 Å². The third-order valence-corrected chi connectivity index (χ3v) is 3.72. The van der Waals surface area contributed by atoms with E-state index in [0.29, 0.717) is 5.82 Å². The fraction of sp³-hybridized carbons (Fsp3) is 0.0714. The number of nitrogens with one attached hydrogen (secondary N) is 1. The first-order chi connectivity index (χ1) is 11.4. The number of hydrogen-bond acceptors (Lipinski definition) is 6.